The second kappa shape index (κ2) is 10.5. The zero-order valence-corrected chi connectivity index (χ0v) is 16.4. The molecule has 0 aliphatic heterocycles. The Morgan fingerprint density at radius 3 is 1.89 bits per heavy atom. The molecule has 2 aromatic carbocycles. The van der Waals surface area contributed by atoms with Crippen molar-refractivity contribution in [3.05, 3.63) is 70.8 Å². The van der Waals surface area contributed by atoms with Crippen molar-refractivity contribution in [3.8, 4) is 0 Å². The van der Waals surface area contributed by atoms with Crippen molar-refractivity contribution in [3.63, 3.8) is 0 Å². The van der Waals surface area contributed by atoms with E-state index in [9.17, 15) is 28.2 Å². The molecule has 0 saturated heterocycles. The fourth-order valence-electron chi connectivity index (χ4n) is 2.85. The van der Waals surface area contributed by atoms with E-state index in [2.05, 4.69) is 0 Å². The van der Waals surface area contributed by atoms with Crippen LogP contribution < -0.4 is 0 Å². The van der Waals surface area contributed by atoms with E-state index in [1.54, 1.807) is 36.4 Å². The van der Waals surface area contributed by atoms with Gasteiger partial charge in [0.1, 0.15) is 0 Å². The number of hydrogen-bond donors (Lipinski definition) is 2. The number of benzene rings is 2. The third-order valence-corrected chi connectivity index (χ3v) is 5.56. The lowest BCUT2D eigenvalue weighted by molar-refractivity contribution is 0.0685. The number of carboxylic acids is 2. The zero-order valence-electron chi connectivity index (χ0n) is 14.8. The first kappa shape index (κ1) is 21.5. The first-order valence-corrected chi connectivity index (χ1v) is 9.94. The van der Waals surface area contributed by atoms with Crippen molar-refractivity contribution in [2.24, 2.45) is 0 Å². The van der Waals surface area contributed by atoms with E-state index in [1.807, 2.05) is 0 Å². The fraction of sp³-hybridized carbons (Fsp3) is 0.200. The van der Waals surface area contributed by atoms with Crippen LogP contribution in [0.4, 0.5) is 0 Å². The molecule has 0 unspecified atom stereocenters. The molecule has 28 heavy (non-hydrogen) atoms. The Morgan fingerprint density at radius 1 is 0.750 bits per heavy atom. The van der Waals surface area contributed by atoms with Crippen molar-refractivity contribution in [1.82, 2.24) is 0 Å². The second-order valence-corrected chi connectivity index (χ2v) is 7.17. The largest absolute Gasteiger partial charge is 0.478 e. The summed E-state index contributed by atoms with van der Waals surface area (Å²) in [5.41, 5.74) is 1.18. The van der Waals surface area contributed by atoms with Crippen LogP contribution in [0.25, 0.3) is 0 Å². The average molecular weight is 418 g/mol. The number of hydrogen-bond acceptors (Lipinski definition) is 4. The number of aryl methyl sites for hydroxylation is 1. The Morgan fingerprint density at radius 2 is 1.32 bits per heavy atom. The van der Waals surface area contributed by atoms with Gasteiger partial charge in [-0.25, -0.2) is 18.0 Å². The molecule has 0 aliphatic carbocycles. The van der Waals surface area contributed by atoms with Gasteiger partial charge in [-0.3, -0.25) is 0 Å². The van der Waals surface area contributed by atoms with E-state index < -0.39 is 11.9 Å². The van der Waals surface area contributed by atoms with Gasteiger partial charge in [-0.1, -0.05) is 36.4 Å². The van der Waals surface area contributed by atoms with Crippen LogP contribution in [-0.4, -0.2) is 40.3 Å². The summed E-state index contributed by atoms with van der Waals surface area (Å²) in [5.74, 6) is -2.15. The predicted octanol–water partition coefficient (Wildman–Crippen LogP) is 2.61. The van der Waals surface area contributed by atoms with Crippen LogP contribution in [0.15, 0.2) is 48.5 Å². The maximum absolute atomic E-state index is 11.6. The molecule has 0 amide bonds. The molecule has 0 bridgehead atoms. The summed E-state index contributed by atoms with van der Waals surface area (Å²) in [7, 11) is 0. The van der Waals surface area contributed by atoms with Crippen molar-refractivity contribution >= 4 is 44.2 Å². The molecule has 0 radical (unpaired) electrons. The van der Waals surface area contributed by atoms with Crippen LogP contribution in [0.5, 0.6) is 0 Å². The molecule has 0 saturated carbocycles. The average Bonchev–Trinajstić information content (AvgIpc) is 2.70. The number of aromatic carboxylic acids is 2. The highest BCUT2D eigenvalue weighted by Gasteiger charge is 2.18. The van der Waals surface area contributed by atoms with Crippen molar-refractivity contribution in [2.75, 3.05) is 0 Å². The van der Waals surface area contributed by atoms with Crippen molar-refractivity contribution in [2.45, 2.75) is 25.7 Å². The molecule has 0 aromatic heterocycles. The van der Waals surface area contributed by atoms with Crippen LogP contribution >= 0.6 is 0 Å². The van der Waals surface area contributed by atoms with Crippen LogP contribution in [0.1, 0.15) is 51.1 Å². The lowest BCUT2D eigenvalue weighted by Crippen LogP contribution is -2.19. The molecule has 146 valence electrons. The number of rotatable bonds is 9. The van der Waals surface area contributed by atoms with Crippen LogP contribution in [0.2, 0.25) is 0 Å². The molecule has 0 fully saturated rings. The number of carboxylic acid groups (broad SMARTS) is 2. The van der Waals surface area contributed by atoms with Gasteiger partial charge in [0.25, 0.3) is 0 Å². The zero-order chi connectivity index (χ0) is 20.5. The third kappa shape index (κ3) is 5.34. The topological polar surface area (TPSA) is 109 Å². The normalized spacial score (nSPS) is 10.1. The first-order valence-electron chi connectivity index (χ1n) is 8.46. The third-order valence-electron chi connectivity index (χ3n) is 4.19. The van der Waals surface area contributed by atoms with Gasteiger partial charge in [0.2, 0.25) is 0 Å². The van der Waals surface area contributed by atoms with Gasteiger partial charge in [0.05, 0.1) is 43.4 Å². The van der Waals surface area contributed by atoms with Gasteiger partial charge in [0.15, 0.2) is 0 Å². The second-order valence-electron chi connectivity index (χ2n) is 5.94. The van der Waals surface area contributed by atoms with Crippen LogP contribution in [0.3, 0.4) is 0 Å². The molecule has 0 atom stereocenters. The monoisotopic (exact) mass is 418 g/mol. The van der Waals surface area contributed by atoms with Gasteiger partial charge in [-0.05, 0) is 43.4 Å². The Hall–Kier alpha value is -2.84. The van der Waals surface area contributed by atoms with Crippen molar-refractivity contribution in [1.29, 1.82) is 0 Å². The molecular formula is C20H18O6S2. The smallest absolute Gasteiger partial charge is 0.336 e. The Labute approximate surface area is 169 Å². The summed E-state index contributed by atoms with van der Waals surface area (Å²) in [5, 5.41) is 18.5. The molecular weight excluding hydrogens is 400 g/mol. The Kier molecular flexibility index (Phi) is 8.03. The molecule has 0 aliphatic rings. The van der Waals surface area contributed by atoms with E-state index in [0.29, 0.717) is 36.1 Å². The lowest BCUT2D eigenvalue weighted by Gasteiger charge is -2.09. The number of unbranched alkanes of at least 4 members (excludes halogenated alkanes) is 1. The Bertz CT molecular complexity index is 1000. The molecule has 6 nitrogen and oxygen atoms in total. The lowest BCUT2D eigenvalue weighted by atomic mass is 9.98. The van der Waals surface area contributed by atoms with Gasteiger partial charge < -0.3 is 10.2 Å². The SMILES string of the molecule is O=S=C(CCCCc1ccccc1C(=O)O)C(=S=O)c1ccccc1C(=O)O. The molecule has 0 heterocycles. The molecule has 0 spiro atoms. The van der Waals surface area contributed by atoms with E-state index in [4.69, 9.17) is 0 Å². The van der Waals surface area contributed by atoms with Crippen LogP contribution in [-0.2, 0) is 28.9 Å². The van der Waals surface area contributed by atoms with Gasteiger partial charge in [-0.15, -0.1) is 0 Å². The molecule has 2 N–H and O–H groups in total. The van der Waals surface area contributed by atoms with E-state index in [0.717, 1.165) is 0 Å². The van der Waals surface area contributed by atoms with E-state index in [-0.39, 0.29) is 44.1 Å². The predicted molar refractivity (Wildman–Crippen MR) is 110 cm³/mol. The van der Waals surface area contributed by atoms with Crippen LogP contribution in [0, 0.1) is 0 Å². The summed E-state index contributed by atoms with van der Waals surface area (Å²) in [4.78, 5) is 23.1. The minimum Gasteiger partial charge on any atom is -0.478 e. The highest BCUT2D eigenvalue weighted by Crippen LogP contribution is 2.15. The fourth-order valence-corrected chi connectivity index (χ4v) is 3.93. The summed E-state index contributed by atoms with van der Waals surface area (Å²) in [6.45, 7) is 0. The van der Waals surface area contributed by atoms with Gasteiger partial charge >= 0.3 is 11.9 Å². The summed E-state index contributed by atoms with van der Waals surface area (Å²) >= 11 is 0.310. The van der Waals surface area contributed by atoms with E-state index >= 15 is 0 Å². The minimum atomic E-state index is -1.16. The van der Waals surface area contributed by atoms with Gasteiger partial charge in [0, 0.05) is 5.56 Å². The van der Waals surface area contributed by atoms with E-state index in [1.165, 1.54) is 12.1 Å². The Balaban J connectivity index is 2.09. The maximum Gasteiger partial charge on any atom is 0.336 e. The highest BCUT2D eigenvalue weighted by atomic mass is 32.1. The van der Waals surface area contributed by atoms with Gasteiger partial charge in [-0.2, -0.15) is 0 Å². The summed E-state index contributed by atoms with van der Waals surface area (Å²) in [6, 6.07) is 12.8. The maximum atomic E-state index is 11.6. The highest BCUT2D eigenvalue weighted by molar-refractivity contribution is 7.77. The standard InChI is InChI=1S/C20H18O6S2/c21-19(22)14-9-3-1-7-13(14)8-2-6-12-17(27-25)18(28-26)15-10-4-5-11-16(15)20(23)24/h1,3-5,7,9-11H,2,6,8,12H2,(H,21,22)(H,23,24). The minimum absolute atomic E-state index is 0.0252. The quantitative estimate of drug-likeness (QED) is 0.368. The molecule has 8 heteroatoms. The molecule has 2 rings (SSSR count). The summed E-state index contributed by atoms with van der Waals surface area (Å²) < 4.78 is 23.2. The van der Waals surface area contributed by atoms with Crippen molar-refractivity contribution < 1.29 is 28.2 Å². The number of carbonyl (C=O) groups is 2. The summed E-state index contributed by atoms with van der Waals surface area (Å²) in [6.07, 6.45) is 2.05. The molecule has 2 aromatic rings. The first-order chi connectivity index (χ1) is 13.5.